The quantitative estimate of drug-likeness (QED) is 0.812. The summed E-state index contributed by atoms with van der Waals surface area (Å²) in [5, 5.41) is 6.90. The van der Waals surface area contributed by atoms with Crippen molar-refractivity contribution in [2.24, 2.45) is 5.92 Å². The van der Waals surface area contributed by atoms with Crippen molar-refractivity contribution in [2.75, 3.05) is 18.4 Å². The van der Waals surface area contributed by atoms with Crippen molar-refractivity contribution in [1.29, 1.82) is 0 Å². The van der Waals surface area contributed by atoms with Gasteiger partial charge in [-0.05, 0) is 51.8 Å². The maximum atomic E-state index is 4.37. The molecule has 0 aromatic carbocycles. The number of nitrogens with zero attached hydrogens (tertiary/aromatic N) is 2. The molecule has 1 fully saturated rings. The third-order valence-corrected chi connectivity index (χ3v) is 3.19. The highest BCUT2D eigenvalue weighted by molar-refractivity contribution is 5.34. The van der Waals surface area contributed by atoms with Gasteiger partial charge in [0.05, 0.1) is 0 Å². The van der Waals surface area contributed by atoms with Crippen LogP contribution in [0.1, 0.15) is 25.6 Å². The number of aromatic nitrogens is 2. The van der Waals surface area contributed by atoms with Gasteiger partial charge < -0.3 is 10.6 Å². The Balaban J connectivity index is 1.93. The molecule has 1 aliphatic rings. The largest absolute Gasteiger partial charge is 0.367 e. The second-order valence-corrected chi connectivity index (χ2v) is 4.53. The van der Waals surface area contributed by atoms with Gasteiger partial charge in [-0.3, -0.25) is 0 Å². The maximum absolute atomic E-state index is 4.37. The molecule has 2 unspecified atom stereocenters. The summed E-state index contributed by atoms with van der Waals surface area (Å²) in [6, 6.07) is 2.39. The standard InChI is InChI=1S/C12H20N4/c1-9(11-4-3-6-13-8-11)15-12-5-7-14-10(2)16-12/h5,7,9,11,13H,3-4,6,8H2,1-2H3,(H,14,15,16). The minimum atomic E-state index is 0.460. The summed E-state index contributed by atoms with van der Waals surface area (Å²) in [5.41, 5.74) is 0. The van der Waals surface area contributed by atoms with Gasteiger partial charge in [-0.1, -0.05) is 0 Å². The van der Waals surface area contributed by atoms with E-state index in [0.29, 0.717) is 12.0 Å². The van der Waals surface area contributed by atoms with E-state index in [9.17, 15) is 0 Å². The molecule has 88 valence electrons. The highest BCUT2D eigenvalue weighted by atomic mass is 15.0. The molecule has 1 aliphatic heterocycles. The van der Waals surface area contributed by atoms with Gasteiger partial charge in [0.25, 0.3) is 0 Å². The molecule has 0 radical (unpaired) electrons. The Bertz CT molecular complexity index is 334. The van der Waals surface area contributed by atoms with Gasteiger partial charge in [0, 0.05) is 12.2 Å². The van der Waals surface area contributed by atoms with Crippen molar-refractivity contribution >= 4 is 5.82 Å². The number of aryl methyl sites for hydroxylation is 1. The highest BCUT2D eigenvalue weighted by Gasteiger charge is 2.19. The smallest absolute Gasteiger partial charge is 0.129 e. The van der Waals surface area contributed by atoms with Gasteiger partial charge in [-0.25, -0.2) is 9.97 Å². The van der Waals surface area contributed by atoms with E-state index in [-0.39, 0.29) is 0 Å². The first-order valence-corrected chi connectivity index (χ1v) is 6.02. The molecule has 0 spiro atoms. The average molecular weight is 220 g/mol. The zero-order valence-electron chi connectivity index (χ0n) is 10.0. The van der Waals surface area contributed by atoms with Crippen LogP contribution in [0.3, 0.4) is 0 Å². The summed E-state index contributed by atoms with van der Waals surface area (Å²) in [7, 11) is 0. The maximum Gasteiger partial charge on any atom is 0.129 e. The Morgan fingerprint density at radius 2 is 2.44 bits per heavy atom. The first kappa shape index (κ1) is 11.3. The second kappa shape index (κ2) is 5.25. The Morgan fingerprint density at radius 1 is 1.56 bits per heavy atom. The zero-order chi connectivity index (χ0) is 11.4. The van der Waals surface area contributed by atoms with Gasteiger partial charge in [-0.2, -0.15) is 0 Å². The molecule has 4 heteroatoms. The lowest BCUT2D eigenvalue weighted by atomic mass is 9.93. The van der Waals surface area contributed by atoms with Gasteiger partial charge in [0.1, 0.15) is 11.6 Å². The summed E-state index contributed by atoms with van der Waals surface area (Å²) in [6.45, 7) is 6.42. The lowest BCUT2D eigenvalue weighted by molar-refractivity contribution is 0.346. The predicted octanol–water partition coefficient (Wildman–Crippen LogP) is 1.59. The van der Waals surface area contributed by atoms with Crippen LogP contribution >= 0.6 is 0 Å². The Morgan fingerprint density at radius 3 is 3.12 bits per heavy atom. The summed E-state index contributed by atoms with van der Waals surface area (Å²) in [6.07, 6.45) is 4.38. The van der Waals surface area contributed by atoms with Crippen LogP contribution < -0.4 is 10.6 Å². The molecule has 4 nitrogen and oxygen atoms in total. The molecule has 2 heterocycles. The third-order valence-electron chi connectivity index (χ3n) is 3.19. The van der Waals surface area contributed by atoms with E-state index in [1.165, 1.54) is 12.8 Å². The summed E-state index contributed by atoms with van der Waals surface area (Å²) < 4.78 is 0. The van der Waals surface area contributed by atoms with Gasteiger partial charge >= 0.3 is 0 Å². The SMILES string of the molecule is Cc1nccc(NC(C)C2CCCNC2)n1. The summed E-state index contributed by atoms with van der Waals surface area (Å²) >= 11 is 0. The van der Waals surface area contributed by atoms with E-state index in [1.807, 2.05) is 13.0 Å². The fraction of sp³-hybridized carbons (Fsp3) is 0.667. The van der Waals surface area contributed by atoms with Crippen LogP contribution in [-0.4, -0.2) is 29.1 Å². The van der Waals surface area contributed by atoms with Crippen molar-refractivity contribution < 1.29 is 0 Å². The first-order chi connectivity index (χ1) is 7.75. The van der Waals surface area contributed by atoms with Crippen LogP contribution in [0.25, 0.3) is 0 Å². The lowest BCUT2D eigenvalue weighted by Crippen LogP contribution is -2.38. The fourth-order valence-electron chi connectivity index (χ4n) is 2.19. The van der Waals surface area contributed by atoms with Crippen molar-refractivity contribution in [3.63, 3.8) is 0 Å². The molecule has 0 saturated carbocycles. The molecule has 16 heavy (non-hydrogen) atoms. The number of rotatable bonds is 3. The zero-order valence-corrected chi connectivity index (χ0v) is 10.0. The summed E-state index contributed by atoms with van der Waals surface area (Å²) in [4.78, 5) is 8.46. The molecule has 1 aromatic rings. The number of nitrogens with one attached hydrogen (secondary N) is 2. The number of anilines is 1. The minimum absolute atomic E-state index is 0.460. The van der Waals surface area contributed by atoms with Gasteiger partial charge in [0.15, 0.2) is 0 Å². The molecule has 0 bridgehead atoms. The van der Waals surface area contributed by atoms with Crippen LogP contribution in [0.5, 0.6) is 0 Å². The molecule has 0 aliphatic carbocycles. The lowest BCUT2D eigenvalue weighted by Gasteiger charge is -2.29. The molecule has 0 amide bonds. The summed E-state index contributed by atoms with van der Waals surface area (Å²) in [5.74, 6) is 2.45. The number of hydrogen-bond acceptors (Lipinski definition) is 4. The van der Waals surface area contributed by atoms with Crippen LogP contribution in [0, 0.1) is 12.8 Å². The van der Waals surface area contributed by atoms with E-state index >= 15 is 0 Å². The molecule has 2 N–H and O–H groups in total. The Hall–Kier alpha value is -1.16. The van der Waals surface area contributed by atoms with E-state index in [2.05, 4.69) is 27.5 Å². The molecule has 2 atom stereocenters. The molecule has 1 aromatic heterocycles. The third kappa shape index (κ3) is 2.92. The van der Waals surface area contributed by atoms with Crippen molar-refractivity contribution in [1.82, 2.24) is 15.3 Å². The van der Waals surface area contributed by atoms with E-state index in [4.69, 9.17) is 0 Å². The van der Waals surface area contributed by atoms with Crippen LogP contribution in [-0.2, 0) is 0 Å². The van der Waals surface area contributed by atoms with Crippen molar-refractivity contribution in [3.8, 4) is 0 Å². The van der Waals surface area contributed by atoms with Crippen molar-refractivity contribution in [2.45, 2.75) is 32.7 Å². The normalized spacial score (nSPS) is 22.8. The molecule has 2 rings (SSSR count). The monoisotopic (exact) mass is 220 g/mol. The topological polar surface area (TPSA) is 49.8 Å². The Labute approximate surface area is 96.9 Å². The first-order valence-electron chi connectivity index (χ1n) is 6.02. The Kier molecular flexibility index (Phi) is 3.72. The van der Waals surface area contributed by atoms with Crippen LogP contribution in [0.4, 0.5) is 5.82 Å². The number of hydrogen-bond donors (Lipinski definition) is 2. The predicted molar refractivity (Wildman–Crippen MR) is 65.4 cm³/mol. The van der Waals surface area contributed by atoms with E-state index < -0.39 is 0 Å². The van der Waals surface area contributed by atoms with Gasteiger partial charge in [0.2, 0.25) is 0 Å². The van der Waals surface area contributed by atoms with Crippen LogP contribution in [0.2, 0.25) is 0 Å². The minimum Gasteiger partial charge on any atom is -0.367 e. The number of piperidine rings is 1. The fourth-order valence-corrected chi connectivity index (χ4v) is 2.19. The van der Waals surface area contributed by atoms with E-state index in [0.717, 1.165) is 24.7 Å². The average Bonchev–Trinajstić information content (AvgIpc) is 2.30. The molecular weight excluding hydrogens is 200 g/mol. The molecular formula is C12H20N4. The van der Waals surface area contributed by atoms with E-state index in [1.54, 1.807) is 6.20 Å². The molecule has 1 saturated heterocycles. The van der Waals surface area contributed by atoms with Crippen LogP contribution in [0.15, 0.2) is 12.3 Å². The highest BCUT2D eigenvalue weighted by Crippen LogP contribution is 2.17. The van der Waals surface area contributed by atoms with Crippen molar-refractivity contribution in [3.05, 3.63) is 18.1 Å². The van der Waals surface area contributed by atoms with Gasteiger partial charge in [-0.15, -0.1) is 0 Å². The second-order valence-electron chi connectivity index (χ2n) is 4.53.